The highest BCUT2D eigenvalue weighted by atomic mass is 19.1. The minimum atomic E-state index is -0.813. The first-order valence-corrected chi connectivity index (χ1v) is 7.35. The average molecular weight is 330 g/mol. The van der Waals surface area contributed by atoms with Gasteiger partial charge < -0.3 is 10.5 Å². The summed E-state index contributed by atoms with van der Waals surface area (Å²) in [5, 5.41) is 16.5. The molecule has 124 valence electrons. The van der Waals surface area contributed by atoms with Crippen LogP contribution in [0.3, 0.4) is 0 Å². The van der Waals surface area contributed by atoms with Crippen LogP contribution in [-0.4, -0.2) is 10.2 Å². The molecule has 0 amide bonds. The normalized spacial score (nSPS) is 17.2. The van der Waals surface area contributed by atoms with Gasteiger partial charge in [-0.3, -0.25) is 5.10 Å². The molecule has 2 heterocycles. The van der Waals surface area contributed by atoms with Gasteiger partial charge in [0.1, 0.15) is 23.3 Å². The van der Waals surface area contributed by atoms with Crippen molar-refractivity contribution in [2.24, 2.45) is 5.73 Å². The topological polar surface area (TPSA) is 87.7 Å². The van der Waals surface area contributed by atoms with Gasteiger partial charge in [0.25, 0.3) is 0 Å². The highest BCUT2D eigenvalue weighted by Gasteiger charge is 2.39. The van der Waals surface area contributed by atoms with Gasteiger partial charge in [-0.2, -0.15) is 5.26 Å². The molecule has 5 nitrogen and oxygen atoms in total. The van der Waals surface area contributed by atoms with Crippen LogP contribution in [0.5, 0.6) is 5.88 Å². The Morgan fingerprint density at radius 1 is 1.33 bits per heavy atom. The number of hydrogen-bond acceptors (Lipinski definition) is 4. The van der Waals surface area contributed by atoms with Gasteiger partial charge in [0.05, 0.1) is 11.5 Å². The molecule has 0 spiro atoms. The van der Waals surface area contributed by atoms with Gasteiger partial charge in [-0.1, -0.05) is 26.8 Å². The number of hydrogen-bond donors (Lipinski definition) is 2. The number of aromatic nitrogens is 2. The van der Waals surface area contributed by atoms with Gasteiger partial charge in [0.2, 0.25) is 11.8 Å². The third kappa shape index (κ3) is 2.40. The Morgan fingerprint density at radius 3 is 2.62 bits per heavy atom. The maximum absolute atomic E-state index is 14.4. The molecule has 3 rings (SSSR count). The maximum atomic E-state index is 14.4. The van der Waals surface area contributed by atoms with Crippen molar-refractivity contribution in [2.45, 2.75) is 32.1 Å². The Morgan fingerprint density at radius 2 is 2.04 bits per heavy atom. The molecule has 3 N–H and O–H groups in total. The van der Waals surface area contributed by atoms with Crippen LogP contribution in [0.15, 0.2) is 29.7 Å². The lowest BCUT2D eigenvalue weighted by Crippen LogP contribution is -2.24. The van der Waals surface area contributed by atoms with Crippen molar-refractivity contribution in [3.8, 4) is 11.9 Å². The van der Waals surface area contributed by atoms with Gasteiger partial charge in [-0.25, -0.2) is 8.78 Å². The largest absolute Gasteiger partial charge is 0.420 e. The van der Waals surface area contributed by atoms with E-state index in [0.717, 1.165) is 12.1 Å². The molecule has 0 saturated carbocycles. The quantitative estimate of drug-likeness (QED) is 0.840. The van der Waals surface area contributed by atoms with E-state index < -0.39 is 17.6 Å². The Bertz CT molecular complexity index is 887. The van der Waals surface area contributed by atoms with E-state index in [1.807, 2.05) is 26.8 Å². The van der Waals surface area contributed by atoms with E-state index in [1.165, 1.54) is 6.07 Å². The van der Waals surface area contributed by atoms with E-state index in [9.17, 15) is 14.0 Å². The van der Waals surface area contributed by atoms with Crippen molar-refractivity contribution < 1.29 is 13.5 Å². The lowest BCUT2D eigenvalue weighted by molar-refractivity contribution is 0.377. The summed E-state index contributed by atoms with van der Waals surface area (Å²) < 4.78 is 33.1. The molecule has 2 aromatic rings. The molecule has 0 saturated heterocycles. The Kier molecular flexibility index (Phi) is 3.56. The SMILES string of the molecule is CC(C)(C)c1[nH]nc2c1[C@H](c1ccc(F)cc1F)C(C#N)=C(N)O2. The van der Waals surface area contributed by atoms with E-state index >= 15 is 0 Å². The fraction of sp³-hybridized carbons (Fsp3) is 0.294. The highest BCUT2D eigenvalue weighted by molar-refractivity contribution is 5.56. The summed E-state index contributed by atoms with van der Waals surface area (Å²) in [4.78, 5) is 0. The lowest BCUT2D eigenvalue weighted by Gasteiger charge is -2.27. The van der Waals surface area contributed by atoms with E-state index in [-0.39, 0.29) is 28.3 Å². The second-order valence-corrected chi connectivity index (χ2v) is 6.66. The van der Waals surface area contributed by atoms with Crippen LogP contribution < -0.4 is 10.5 Å². The molecule has 0 fully saturated rings. The zero-order chi connectivity index (χ0) is 17.6. The predicted molar refractivity (Wildman–Crippen MR) is 82.9 cm³/mol. The smallest absolute Gasteiger partial charge is 0.244 e. The number of benzene rings is 1. The number of aromatic amines is 1. The van der Waals surface area contributed by atoms with Crippen LogP contribution in [-0.2, 0) is 5.41 Å². The van der Waals surface area contributed by atoms with Gasteiger partial charge in [0, 0.05) is 22.7 Å². The number of allylic oxidation sites excluding steroid dienone is 1. The van der Waals surface area contributed by atoms with Crippen LogP contribution in [0, 0.1) is 23.0 Å². The molecule has 1 aliphatic rings. The molecule has 1 aliphatic heterocycles. The van der Waals surface area contributed by atoms with Crippen LogP contribution in [0.25, 0.3) is 0 Å². The van der Waals surface area contributed by atoms with Gasteiger partial charge in [-0.15, -0.1) is 5.10 Å². The lowest BCUT2D eigenvalue weighted by atomic mass is 9.78. The van der Waals surface area contributed by atoms with E-state index in [0.29, 0.717) is 11.3 Å². The third-order valence-electron chi connectivity index (χ3n) is 3.96. The number of nitrogens with two attached hydrogens (primary N) is 1. The summed E-state index contributed by atoms with van der Waals surface area (Å²) >= 11 is 0. The first-order valence-electron chi connectivity index (χ1n) is 7.35. The Labute approximate surface area is 137 Å². The molecular formula is C17H16F2N4O. The summed E-state index contributed by atoms with van der Waals surface area (Å²) in [6, 6.07) is 5.23. The number of fused-ring (bicyclic) bond motifs is 1. The van der Waals surface area contributed by atoms with Crippen molar-refractivity contribution in [3.63, 3.8) is 0 Å². The van der Waals surface area contributed by atoms with Crippen molar-refractivity contribution in [2.75, 3.05) is 0 Å². The molecule has 0 unspecified atom stereocenters. The molecule has 7 heteroatoms. The van der Waals surface area contributed by atoms with E-state index in [2.05, 4.69) is 10.2 Å². The second kappa shape index (κ2) is 5.34. The van der Waals surface area contributed by atoms with Crippen LogP contribution >= 0.6 is 0 Å². The first-order chi connectivity index (χ1) is 11.2. The minimum absolute atomic E-state index is 0.0694. The van der Waals surface area contributed by atoms with Crippen molar-refractivity contribution in [3.05, 3.63) is 58.1 Å². The third-order valence-corrected chi connectivity index (χ3v) is 3.96. The first kappa shape index (κ1) is 16.0. The highest BCUT2D eigenvalue weighted by Crippen LogP contribution is 2.46. The Balaban J connectivity index is 2.31. The summed E-state index contributed by atoms with van der Waals surface area (Å²) in [5.41, 5.74) is 6.92. The van der Waals surface area contributed by atoms with E-state index in [1.54, 1.807) is 0 Å². The monoisotopic (exact) mass is 330 g/mol. The molecular weight excluding hydrogens is 314 g/mol. The van der Waals surface area contributed by atoms with Crippen molar-refractivity contribution in [1.29, 1.82) is 5.26 Å². The minimum Gasteiger partial charge on any atom is -0.420 e. The molecule has 1 aromatic carbocycles. The Hall–Kier alpha value is -2.88. The molecule has 0 aliphatic carbocycles. The van der Waals surface area contributed by atoms with Crippen molar-refractivity contribution >= 4 is 0 Å². The summed E-state index contributed by atoms with van der Waals surface area (Å²) in [7, 11) is 0. The zero-order valence-corrected chi connectivity index (χ0v) is 13.4. The molecule has 0 radical (unpaired) electrons. The second-order valence-electron chi connectivity index (χ2n) is 6.66. The summed E-state index contributed by atoms with van der Waals surface area (Å²) in [5.74, 6) is -2.19. The van der Waals surface area contributed by atoms with Gasteiger partial charge in [-0.05, 0) is 6.07 Å². The number of rotatable bonds is 1. The number of H-pyrrole nitrogens is 1. The molecule has 1 aromatic heterocycles. The van der Waals surface area contributed by atoms with Gasteiger partial charge in [0.15, 0.2) is 0 Å². The fourth-order valence-corrected chi connectivity index (χ4v) is 2.86. The molecule has 0 bridgehead atoms. The van der Waals surface area contributed by atoms with Gasteiger partial charge >= 0.3 is 0 Å². The summed E-state index contributed by atoms with van der Waals surface area (Å²) in [6.45, 7) is 5.85. The average Bonchev–Trinajstić information content (AvgIpc) is 2.89. The van der Waals surface area contributed by atoms with E-state index in [4.69, 9.17) is 10.5 Å². The van der Waals surface area contributed by atoms with Crippen molar-refractivity contribution in [1.82, 2.24) is 10.2 Å². The molecule has 1 atom stereocenters. The van der Waals surface area contributed by atoms with Crippen LogP contribution in [0.4, 0.5) is 8.78 Å². The van der Waals surface area contributed by atoms with Crippen LogP contribution in [0.1, 0.15) is 43.5 Å². The molecule has 24 heavy (non-hydrogen) atoms. The summed E-state index contributed by atoms with van der Waals surface area (Å²) in [6.07, 6.45) is 0. The van der Waals surface area contributed by atoms with Crippen LogP contribution in [0.2, 0.25) is 0 Å². The number of ether oxygens (including phenoxy) is 1. The number of nitrogens with one attached hydrogen (secondary N) is 1. The number of nitriles is 1. The standard InChI is InChI=1S/C17H16F2N4O/c1-17(2,3)14-13-12(9-5-4-8(18)6-11(9)19)10(7-20)15(21)24-16(13)23-22-14/h4-6,12H,21H2,1-3H3,(H,22,23)/t12-/m1/s1. The fourth-order valence-electron chi connectivity index (χ4n) is 2.86. The predicted octanol–water partition coefficient (Wildman–Crippen LogP) is 3.20. The number of halogens is 2. The number of nitrogens with zero attached hydrogens (tertiary/aromatic N) is 2. The maximum Gasteiger partial charge on any atom is 0.244 e. The zero-order valence-electron chi connectivity index (χ0n) is 13.4.